The van der Waals surface area contributed by atoms with Gasteiger partial charge < -0.3 is 15.7 Å². The molecule has 0 spiro atoms. The zero-order valence-electron chi connectivity index (χ0n) is 8.92. The number of amides is 1. The molecule has 14 heavy (non-hydrogen) atoms. The first-order valence-corrected chi connectivity index (χ1v) is 5.29. The molecule has 1 unspecified atom stereocenters. The van der Waals surface area contributed by atoms with E-state index >= 15 is 0 Å². The molecule has 82 valence electrons. The van der Waals surface area contributed by atoms with Gasteiger partial charge in [-0.25, -0.2) is 0 Å². The summed E-state index contributed by atoms with van der Waals surface area (Å²) in [6.07, 6.45) is 1.96. The molecule has 1 fully saturated rings. The van der Waals surface area contributed by atoms with Crippen molar-refractivity contribution in [3.8, 4) is 0 Å². The van der Waals surface area contributed by atoms with Crippen molar-refractivity contribution in [3.63, 3.8) is 0 Å². The molecule has 0 aromatic rings. The van der Waals surface area contributed by atoms with Crippen LogP contribution in [-0.2, 0) is 4.79 Å². The summed E-state index contributed by atoms with van der Waals surface area (Å²) >= 11 is 0. The lowest BCUT2D eigenvalue weighted by atomic mass is 10.0. The number of carbonyl (C=O) groups is 1. The maximum absolute atomic E-state index is 11.6. The zero-order chi connectivity index (χ0) is 10.6. The molecule has 0 radical (unpaired) electrons. The quantitative estimate of drug-likeness (QED) is 0.592. The minimum Gasteiger partial charge on any atom is -0.394 e. The third-order valence-corrected chi connectivity index (χ3v) is 2.71. The van der Waals surface area contributed by atoms with Crippen LogP contribution >= 0.6 is 0 Å². The highest BCUT2D eigenvalue weighted by Gasteiger charge is 2.24. The molecule has 1 aliphatic rings. The smallest absolute Gasteiger partial charge is 0.237 e. The second kappa shape index (κ2) is 5.32. The number of aliphatic hydroxyl groups excluding tert-OH is 1. The van der Waals surface area contributed by atoms with E-state index in [1.807, 2.05) is 13.8 Å². The van der Waals surface area contributed by atoms with Gasteiger partial charge in [0.2, 0.25) is 5.91 Å². The van der Waals surface area contributed by atoms with Crippen molar-refractivity contribution in [2.45, 2.75) is 38.8 Å². The van der Waals surface area contributed by atoms with Gasteiger partial charge in [-0.05, 0) is 25.3 Å². The van der Waals surface area contributed by atoms with Crippen LogP contribution in [0.5, 0.6) is 0 Å². The summed E-state index contributed by atoms with van der Waals surface area (Å²) in [5.74, 6) is 0.292. The molecule has 0 aliphatic carbocycles. The fourth-order valence-corrected chi connectivity index (χ4v) is 1.61. The average molecular weight is 200 g/mol. The van der Waals surface area contributed by atoms with Crippen molar-refractivity contribution in [2.75, 3.05) is 13.2 Å². The van der Waals surface area contributed by atoms with Crippen LogP contribution in [0.3, 0.4) is 0 Å². The Kier molecular flexibility index (Phi) is 4.35. The van der Waals surface area contributed by atoms with Gasteiger partial charge in [0.25, 0.3) is 0 Å². The van der Waals surface area contributed by atoms with Gasteiger partial charge in [-0.2, -0.15) is 0 Å². The predicted octanol–water partition coefficient (Wildman–Crippen LogP) is -0.128. The Hall–Kier alpha value is -0.610. The van der Waals surface area contributed by atoms with Crippen LogP contribution in [0.25, 0.3) is 0 Å². The van der Waals surface area contributed by atoms with Gasteiger partial charge >= 0.3 is 0 Å². The van der Waals surface area contributed by atoms with Crippen molar-refractivity contribution in [1.82, 2.24) is 10.6 Å². The van der Waals surface area contributed by atoms with Crippen molar-refractivity contribution < 1.29 is 9.90 Å². The molecule has 1 rings (SSSR count). The Labute approximate surface area is 85.1 Å². The predicted molar refractivity (Wildman–Crippen MR) is 54.9 cm³/mol. The zero-order valence-corrected chi connectivity index (χ0v) is 8.92. The molecule has 2 atom stereocenters. The number of nitrogens with one attached hydrogen (secondary N) is 2. The monoisotopic (exact) mass is 200 g/mol. The van der Waals surface area contributed by atoms with Crippen molar-refractivity contribution in [1.29, 1.82) is 0 Å². The lowest BCUT2D eigenvalue weighted by Gasteiger charge is -2.22. The van der Waals surface area contributed by atoms with Gasteiger partial charge in [0, 0.05) is 0 Å². The molecule has 0 aromatic carbocycles. The maximum Gasteiger partial charge on any atom is 0.237 e. The van der Waals surface area contributed by atoms with E-state index in [0.717, 1.165) is 19.4 Å². The molecule has 0 saturated carbocycles. The average Bonchev–Trinajstić information content (AvgIpc) is 2.65. The second-order valence-corrected chi connectivity index (χ2v) is 4.19. The normalized spacial score (nSPS) is 23.9. The van der Waals surface area contributed by atoms with Crippen LogP contribution in [0, 0.1) is 5.92 Å². The van der Waals surface area contributed by atoms with E-state index in [1.165, 1.54) is 0 Å². The molecule has 1 amide bonds. The highest BCUT2D eigenvalue weighted by atomic mass is 16.3. The van der Waals surface area contributed by atoms with Crippen LogP contribution in [0.2, 0.25) is 0 Å². The first-order chi connectivity index (χ1) is 6.65. The Morgan fingerprint density at radius 3 is 2.79 bits per heavy atom. The molecule has 0 aromatic heterocycles. The van der Waals surface area contributed by atoms with Gasteiger partial charge in [0.05, 0.1) is 18.7 Å². The van der Waals surface area contributed by atoms with Crippen molar-refractivity contribution in [2.24, 2.45) is 5.92 Å². The Morgan fingerprint density at radius 1 is 1.64 bits per heavy atom. The minimum absolute atomic E-state index is 0.0100. The first-order valence-electron chi connectivity index (χ1n) is 5.29. The number of hydrogen-bond donors (Lipinski definition) is 3. The van der Waals surface area contributed by atoms with E-state index in [0.29, 0.717) is 0 Å². The molecular weight excluding hydrogens is 180 g/mol. The Morgan fingerprint density at radius 2 is 2.36 bits per heavy atom. The topological polar surface area (TPSA) is 61.4 Å². The summed E-state index contributed by atoms with van der Waals surface area (Å²) in [4.78, 5) is 11.6. The van der Waals surface area contributed by atoms with E-state index in [2.05, 4.69) is 10.6 Å². The van der Waals surface area contributed by atoms with E-state index in [-0.39, 0.29) is 30.5 Å². The van der Waals surface area contributed by atoms with E-state index in [9.17, 15) is 4.79 Å². The summed E-state index contributed by atoms with van der Waals surface area (Å²) in [6, 6.07) is -0.173. The molecule has 4 heteroatoms. The summed E-state index contributed by atoms with van der Waals surface area (Å²) in [6.45, 7) is 4.91. The highest BCUT2D eigenvalue weighted by molar-refractivity contribution is 5.82. The SMILES string of the molecule is CC(C)C(CO)NC(=O)[C@H]1CCCN1. The fraction of sp³-hybridized carbons (Fsp3) is 0.900. The molecule has 1 heterocycles. The van der Waals surface area contributed by atoms with E-state index in [1.54, 1.807) is 0 Å². The van der Waals surface area contributed by atoms with Crippen molar-refractivity contribution in [3.05, 3.63) is 0 Å². The number of rotatable bonds is 4. The van der Waals surface area contributed by atoms with E-state index < -0.39 is 0 Å². The molecule has 1 aliphatic heterocycles. The molecule has 0 bridgehead atoms. The van der Waals surface area contributed by atoms with Gasteiger partial charge in [0.1, 0.15) is 0 Å². The fourth-order valence-electron chi connectivity index (χ4n) is 1.61. The van der Waals surface area contributed by atoms with E-state index in [4.69, 9.17) is 5.11 Å². The third kappa shape index (κ3) is 2.96. The minimum atomic E-state index is -0.120. The second-order valence-electron chi connectivity index (χ2n) is 4.19. The van der Waals surface area contributed by atoms with Gasteiger partial charge in [0.15, 0.2) is 0 Å². The van der Waals surface area contributed by atoms with Crippen molar-refractivity contribution >= 4 is 5.91 Å². The number of aliphatic hydroxyl groups is 1. The Balaban J connectivity index is 2.37. The maximum atomic E-state index is 11.6. The third-order valence-electron chi connectivity index (χ3n) is 2.71. The Bertz CT molecular complexity index is 189. The molecule has 1 saturated heterocycles. The van der Waals surface area contributed by atoms with Gasteiger partial charge in [-0.1, -0.05) is 13.8 Å². The summed E-state index contributed by atoms with van der Waals surface area (Å²) in [7, 11) is 0. The first kappa shape index (κ1) is 11.5. The van der Waals surface area contributed by atoms with Crippen LogP contribution in [-0.4, -0.2) is 36.2 Å². The highest BCUT2D eigenvalue weighted by Crippen LogP contribution is 2.07. The summed E-state index contributed by atoms with van der Waals surface area (Å²) < 4.78 is 0. The number of carbonyl (C=O) groups excluding carboxylic acids is 1. The molecule has 4 nitrogen and oxygen atoms in total. The lowest BCUT2D eigenvalue weighted by Crippen LogP contribution is -2.48. The molecular formula is C10H20N2O2. The van der Waals surface area contributed by atoms with Crippen LogP contribution in [0.4, 0.5) is 0 Å². The molecule has 3 N–H and O–H groups in total. The summed E-state index contributed by atoms with van der Waals surface area (Å²) in [5, 5.41) is 15.0. The van der Waals surface area contributed by atoms with Gasteiger partial charge in [-0.3, -0.25) is 4.79 Å². The largest absolute Gasteiger partial charge is 0.394 e. The lowest BCUT2D eigenvalue weighted by molar-refractivity contribution is -0.124. The van der Waals surface area contributed by atoms with Crippen LogP contribution in [0.15, 0.2) is 0 Å². The standard InChI is InChI=1S/C10H20N2O2/c1-7(2)9(6-13)12-10(14)8-4-3-5-11-8/h7-9,11,13H,3-6H2,1-2H3,(H,12,14)/t8-,9?/m1/s1. The number of hydrogen-bond acceptors (Lipinski definition) is 3. The van der Waals surface area contributed by atoms with Crippen LogP contribution in [0.1, 0.15) is 26.7 Å². The van der Waals surface area contributed by atoms with Crippen LogP contribution < -0.4 is 10.6 Å². The summed E-state index contributed by atoms with van der Waals surface area (Å²) in [5.41, 5.74) is 0. The van der Waals surface area contributed by atoms with Gasteiger partial charge in [-0.15, -0.1) is 0 Å².